The molecule has 0 bridgehead atoms. The molecular formula is C16H34N2. The summed E-state index contributed by atoms with van der Waals surface area (Å²) in [6, 6.07) is 0.833. The minimum Gasteiger partial charge on any atom is -0.304 e. The zero-order valence-electron chi connectivity index (χ0n) is 13.1. The Morgan fingerprint density at radius 1 is 0.944 bits per heavy atom. The van der Waals surface area contributed by atoms with Crippen LogP contribution in [0.5, 0.6) is 0 Å². The molecule has 108 valence electrons. The maximum absolute atomic E-state index is 2.75. The number of hydrogen-bond acceptors (Lipinski definition) is 2. The molecule has 2 aliphatic heterocycles. The zero-order chi connectivity index (χ0) is 13.4. The summed E-state index contributed by atoms with van der Waals surface area (Å²) in [5, 5.41) is 0. The quantitative estimate of drug-likeness (QED) is 0.759. The number of nitrogens with zero attached hydrogens (tertiary/aromatic N) is 2. The summed E-state index contributed by atoms with van der Waals surface area (Å²) in [7, 11) is 0. The Morgan fingerprint density at radius 3 is 2.00 bits per heavy atom. The van der Waals surface area contributed by atoms with E-state index < -0.39 is 0 Å². The fourth-order valence-electron chi connectivity index (χ4n) is 3.38. The minimum atomic E-state index is 0.833. The normalized spacial score (nSPS) is 25.3. The van der Waals surface area contributed by atoms with Crippen molar-refractivity contribution in [3.63, 3.8) is 0 Å². The van der Waals surface area contributed by atoms with Crippen LogP contribution in [-0.4, -0.2) is 48.6 Å². The molecule has 0 saturated carbocycles. The van der Waals surface area contributed by atoms with Crippen molar-refractivity contribution < 1.29 is 0 Å². The summed E-state index contributed by atoms with van der Waals surface area (Å²) in [4.78, 5) is 5.34. The second kappa shape index (κ2) is 8.92. The van der Waals surface area contributed by atoms with Gasteiger partial charge in [-0.25, -0.2) is 0 Å². The van der Waals surface area contributed by atoms with Gasteiger partial charge in [-0.05, 0) is 71.2 Å². The van der Waals surface area contributed by atoms with Crippen LogP contribution in [0.4, 0.5) is 0 Å². The first-order valence-corrected chi connectivity index (χ1v) is 8.27. The first-order chi connectivity index (χ1) is 8.81. The van der Waals surface area contributed by atoms with E-state index in [4.69, 9.17) is 0 Å². The number of rotatable bonds is 3. The summed E-state index contributed by atoms with van der Waals surface area (Å²) < 4.78 is 0. The Bertz CT molecular complexity index is 191. The summed E-state index contributed by atoms with van der Waals surface area (Å²) in [5.74, 6) is 0.959. The van der Waals surface area contributed by atoms with Gasteiger partial charge in [0.05, 0.1) is 0 Å². The third-order valence-electron chi connectivity index (χ3n) is 4.73. The molecule has 0 N–H and O–H groups in total. The second-order valence-corrected chi connectivity index (χ2v) is 5.61. The molecular weight excluding hydrogens is 220 g/mol. The third-order valence-corrected chi connectivity index (χ3v) is 4.73. The Kier molecular flexibility index (Phi) is 7.92. The number of likely N-dealkylation sites (tertiary alicyclic amines) is 2. The van der Waals surface area contributed by atoms with Crippen LogP contribution in [0.3, 0.4) is 0 Å². The standard InChI is InChI=1S/C14H28N2.C2H6/c1-3-15-11-7-14(8-12-15)13(2)16-9-5-4-6-10-16;1-2/h13-14H,3-12H2,1-2H3;1-2H3. The van der Waals surface area contributed by atoms with Crippen LogP contribution in [-0.2, 0) is 0 Å². The van der Waals surface area contributed by atoms with Gasteiger partial charge in [0, 0.05) is 6.04 Å². The predicted molar refractivity (Wildman–Crippen MR) is 81.1 cm³/mol. The van der Waals surface area contributed by atoms with Crippen molar-refractivity contribution in [1.82, 2.24) is 9.80 Å². The molecule has 2 heterocycles. The highest BCUT2D eigenvalue weighted by atomic mass is 15.2. The monoisotopic (exact) mass is 254 g/mol. The van der Waals surface area contributed by atoms with Crippen molar-refractivity contribution in [2.24, 2.45) is 5.92 Å². The SMILES string of the molecule is CC.CCN1CCC(C(C)N2CCCCC2)CC1. The third kappa shape index (κ3) is 4.55. The van der Waals surface area contributed by atoms with Crippen LogP contribution in [0.25, 0.3) is 0 Å². The summed E-state index contributed by atoms with van der Waals surface area (Å²) >= 11 is 0. The van der Waals surface area contributed by atoms with E-state index in [2.05, 4.69) is 23.6 Å². The molecule has 1 unspecified atom stereocenters. The van der Waals surface area contributed by atoms with Gasteiger partial charge >= 0.3 is 0 Å². The highest BCUT2D eigenvalue weighted by molar-refractivity contribution is 4.82. The van der Waals surface area contributed by atoms with E-state index in [9.17, 15) is 0 Å². The molecule has 0 radical (unpaired) electrons. The van der Waals surface area contributed by atoms with E-state index >= 15 is 0 Å². The molecule has 2 fully saturated rings. The highest BCUT2D eigenvalue weighted by Crippen LogP contribution is 2.25. The molecule has 0 aromatic heterocycles. The summed E-state index contributed by atoms with van der Waals surface area (Å²) in [5.41, 5.74) is 0. The molecule has 2 saturated heterocycles. The molecule has 18 heavy (non-hydrogen) atoms. The molecule has 2 nitrogen and oxygen atoms in total. The van der Waals surface area contributed by atoms with Gasteiger partial charge in [0.2, 0.25) is 0 Å². The topological polar surface area (TPSA) is 6.48 Å². The lowest BCUT2D eigenvalue weighted by Gasteiger charge is -2.41. The largest absolute Gasteiger partial charge is 0.304 e. The van der Waals surface area contributed by atoms with Gasteiger partial charge in [0.15, 0.2) is 0 Å². The van der Waals surface area contributed by atoms with Crippen LogP contribution >= 0.6 is 0 Å². The summed E-state index contributed by atoms with van der Waals surface area (Å²) in [6.45, 7) is 15.4. The van der Waals surface area contributed by atoms with Crippen molar-refractivity contribution in [2.75, 3.05) is 32.7 Å². The molecule has 0 amide bonds. The summed E-state index contributed by atoms with van der Waals surface area (Å²) in [6.07, 6.45) is 7.16. The molecule has 2 rings (SSSR count). The first kappa shape index (κ1) is 16.0. The zero-order valence-corrected chi connectivity index (χ0v) is 13.1. The average molecular weight is 254 g/mol. The first-order valence-electron chi connectivity index (χ1n) is 8.27. The maximum atomic E-state index is 2.75. The molecule has 0 aromatic carbocycles. The lowest BCUT2D eigenvalue weighted by molar-refractivity contribution is 0.0846. The van der Waals surface area contributed by atoms with E-state index in [1.54, 1.807) is 0 Å². The maximum Gasteiger partial charge on any atom is 0.00961 e. The van der Waals surface area contributed by atoms with E-state index in [0.717, 1.165) is 12.0 Å². The van der Waals surface area contributed by atoms with Crippen LogP contribution in [0.1, 0.15) is 59.8 Å². The van der Waals surface area contributed by atoms with Crippen LogP contribution in [0, 0.1) is 5.92 Å². The Hall–Kier alpha value is -0.0800. The molecule has 1 atom stereocenters. The van der Waals surface area contributed by atoms with Crippen LogP contribution in [0.15, 0.2) is 0 Å². The van der Waals surface area contributed by atoms with Gasteiger partial charge in [0.25, 0.3) is 0 Å². The van der Waals surface area contributed by atoms with Crippen molar-refractivity contribution in [1.29, 1.82) is 0 Å². The van der Waals surface area contributed by atoms with E-state index in [1.165, 1.54) is 64.8 Å². The van der Waals surface area contributed by atoms with Crippen molar-refractivity contribution >= 4 is 0 Å². The van der Waals surface area contributed by atoms with Crippen LogP contribution < -0.4 is 0 Å². The Labute approximate surface area is 115 Å². The minimum absolute atomic E-state index is 0.833. The second-order valence-electron chi connectivity index (χ2n) is 5.61. The van der Waals surface area contributed by atoms with Gasteiger partial charge in [-0.15, -0.1) is 0 Å². The fourth-order valence-corrected chi connectivity index (χ4v) is 3.38. The molecule has 2 aliphatic rings. The lowest BCUT2D eigenvalue weighted by atomic mass is 9.88. The van der Waals surface area contributed by atoms with E-state index in [1.807, 2.05) is 13.8 Å². The van der Waals surface area contributed by atoms with Crippen molar-refractivity contribution in [3.05, 3.63) is 0 Å². The molecule has 0 aliphatic carbocycles. The average Bonchev–Trinajstić information content (AvgIpc) is 2.49. The highest BCUT2D eigenvalue weighted by Gasteiger charge is 2.27. The Morgan fingerprint density at radius 2 is 1.50 bits per heavy atom. The predicted octanol–water partition coefficient (Wildman–Crippen LogP) is 3.62. The number of hydrogen-bond donors (Lipinski definition) is 0. The van der Waals surface area contributed by atoms with E-state index in [-0.39, 0.29) is 0 Å². The Balaban J connectivity index is 0.000000771. The van der Waals surface area contributed by atoms with Gasteiger partial charge < -0.3 is 9.80 Å². The fraction of sp³-hybridized carbons (Fsp3) is 1.00. The molecule has 0 spiro atoms. The van der Waals surface area contributed by atoms with Gasteiger partial charge in [-0.2, -0.15) is 0 Å². The van der Waals surface area contributed by atoms with E-state index in [0.29, 0.717) is 0 Å². The van der Waals surface area contributed by atoms with Crippen molar-refractivity contribution in [2.45, 2.75) is 65.8 Å². The smallest absolute Gasteiger partial charge is 0.00961 e. The van der Waals surface area contributed by atoms with Gasteiger partial charge in [0.1, 0.15) is 0 Å². The van der Waals surface area contributed by atoms with Gasteiger partial charge in [-0.1, -0.05) is 27.2 Å². The lowest BCUT2D eigenvalue weighted by Crippen LogP contribution is -2.45. The van der Waals surface area contributed by atoms with Crippen LogP contribution in [0.2, 0.25) is 0 Å². The molecule has 2 heteroatoms. The van der Waals surface area contributed by atoms with Gasteiger partial charge in [-0.3, -0.25) is 0 Å². The molecule has 0 aromatic rings. The number of piperidine rings is 2. The van der Waals surface area contributed by atoms with Crippen molar-refractivity contribution in [3.8, 4) is 0 Å².